The van der Waals surface area contributed by atoms with Crippen LogP contribution in [0.3, 0.4) is 0 Å². The number of carbonyl (C=O) groups excluding carboxylic acids is 2. The van der Waals surface area contributed by atoms with Gasteiger partial charge >= 0.3 is 26.4 Å². The van der Waals surface area contributed by atoms with Crippen LogP contribution in [0.25, 0.3) is 0 Å². The van der Waals surface area contributed by atoms with Crippen LogP contribution in [0.15, 0.2) is 100 Å². The first-order valence-corrected chi connectivity index (χ1v) is 19.2. The van der Waals surface area contributed by atoms with Crippen molar-refractivity contribution in [3.05, 3.63) is 80.3 Å². The second kappa shape index (κ2) is 18.8. The molecule has 13 nitrogen and oxygen atoms in total. The van der Waals surface area contributed by atoms with Crippen LogP contribution >= 0.6 is 0 Å². The van der Waals surface area contributed by atoms with Gasteiger partial charge in [0.05, 0.1) is 54.7 Å². The first-order chi connectivity index (χ1) is 26.1. The summed E-state index contributed by atoms with van der Waals surface area (Å²) >= 11 is 0. The fourth-order valence-corrected chi connectivity index (χ4v) is 7.83. The van der Waals surface area contributed by atoms with Gasteiger partial charge in [0, 0.05) is 71.4 Å². The second-order valence-electron chi connectivity index (χ2n) is 15.3. The SMILES string of the molecule is CC[C@H]1C2=CC3=NC(=C(CC(=O)OC)C4=NC(=CC5=C(C)/C(=C(/C)[O-])C(=N5)C=C(N2)[C@@H]1C)[C@@H](C)[C@@H]4CCC(=O)NCC(C)O)C(C([O-])=NCCN(C)C)=C3C.[Pd+2]. The normalized spacial score (nSPS) is 24.9. The number of nitrogens with one attached hydrogen (secondary N) is 2. The number of aliphatic hydroxyl groups is 1. The summed E-state index contributed by atoms with van der Waals surface area (Å²) in [6.45, 7) is 14.1. The number of hydrogen-bond donors (Lipinski definition) is 3. The van der Waals surface area contributed by atoms with Crippen molar-refractivity contribution in [2.24, 2.45) is 43.6 Å². The molecule has 3 N–H and O–H groups in total. The first-order valence-electron chi connectivity index (χ1n) is 19.2. The Bertz CT molecular complexity index is 1970. The molecule has 0 spiro atoms. The monoisotopic (exact) mass is 859 g/mol. The van der Waals surface area contributed by atoms with E-state index in [0.29, 0.717) is 69.5 Å². The maximum Gasteiger partial charge on any atom is 2.00 e. The van der Waals surface area contributed by atoms with Crippen LogP contribution in [0.5, 0.6) is 0 Å². The number of fused-ring (bicyclic) bond motifs is 5. The average molecular weight is 860 g/mol. The number of nitrogens with zero attached hydrogens (tertiary/aromatic N) is 5. The third-order valence-electron chi connectivity index (χ3n) is 11.0. The van der Waals surface area contributed by atoms with Crippen LogP contribution in [0.4, 0.5) is 0 Å². The Labute approximate surface area is 344 Å². The van der Waals surface area contributed by atoms with E-state index in [-0.39, 0.29) is 81.7 Å². The van der Waals surface area contributed by atoms with Gasteiger partial charge in [-0.3, -0.25) is 19.6 Å². The summed E-state index contributed by atoms with van der Waals surface area (Å²) in [4.78, 5) is 48.0. The Morgan fingerprint density at radius 3 is 2.36 bits per heavy atom. The standard InChI is InChI=1S/C42H57N7O6.Pd/c1-11-27-22(3)30-19-35-38(26(7)51)24(5)32(46-35)17-31-23(4)28(12-13-36(52)44-20-21(2)50)40(47-31)29(16-37(53)55-10)41-39(42(54)43-14-15-49(8)9)25(6)33(48-41)18-34(27)45-30;/h17-19,21-23,27-28,45,50-51H,11-16,20H2,1-10H3,(H,43,54)(H,44,52);/q;+2/p-2/b30-19?,31-17?,34-18?,38-26+,41-29?;/t21?,22-,23+,27-,28+;/m1./s1. The van der Waals surface area contributed by atoms with Gasteiger partial charge in [0.15, 0.2) is 0 Å². The van der Waals surface area contributed by atoms with Gasteiger partial charge in [-0.15, -0.1) is 5.76 Å². The zero-order chi connectivity index (χ0) is 40.3. The number of esters is 1. The molecule has 0 aromatic heterocycles. The third-order valence-corrected chi connectivity index (χ3v) is 11.0. The van der Waals surface area contributed by atoms with Crippen molar-refractivity contribution in [1.82, 2.24) is 15.5 Å². The molecule has 5 heterocycles. The molecule has 5 rings (SSSR count). The molecule has 1 amide bonds. The number of carbonyl (C=O) groups is 2. The second-order valence-corrected chi connectivity index (χ2v) is 15.3. The quantitative estimate of drug-likeness (QED) is 0.0879. The number of allylic oxidation sites excluding steroid dienone is 10. The smallest absolute Gasteiger partial charge is 0.875 e. The third kappa shape index (κ3) is 9.48. The van der Waals surface area contributed by atoms with E-state index in [0.717, 1.165) is 23.4 Å². The Hall–Kier alpha value is -4.22. The number of rotatable bonds is 12. The van der Waals surface area contributed by atoms with E-state index >= 15 is 0 Å². The zero-order valence-electron chi connectivity index (χ0n) is 34.1. The van der Waals surface area contributed by atoms with Crippen LogP contribution in [0.2, 0.25) is 0 Å². The van der Waals surface area contributed by atoms with Gasteiger partial charge in [-0.2, -0.15) is 0 Å². The first kappa shape index (κ1) is 44.5. The molecule has 8 bridgehead atoms. The number of aliphatic imine (C=N–C) groups is 4. The summed E-state index contributed by atoms with van der Waals surface area (Å²) in [5.74, 6) is -1.77. The van der Waals surface area contributed by atoms with Crippen LogP contribution in [0, 0.1) is 23.7 Å². The predicted octanol–water partition coefficient (Wildman–Crippen LogP) is 3.17. The molecule has 1 saturated heterocycles. The van der Waals surface area contributed by atoms with Crippen molar-refractivity contribution >= 4 is 34.9 Å². The summed E-state index contributed by atoms with van der Waals surface area (Å²) in [6.07, 6.45) is 6.18. The van der Waals surface area contributed by atoms with E-state index in [1.165, 1.54) is 7.11 Å². The molecule has 304 valence electrons. The number of ether oxygens (including phenoxy) is 1. The Morgan fingerprint density at radius 2 is 1.73 bits per heavy atom. The van der Waals surface area contributed by atoms with Gasteiger partial charge in [-0.25, -0.2) is 9.98 Å². The Balaban J connectivity index is 0.00000696. The number of hydrogen-bond acceptors (Lipinski definition) is 12. The van der Waals surface area contributed by atoms with Gasteiger partial charge in [-0.05, 0) is 88.6 Å². The fraction of sp³-hybridized carbons (Fsp3) is 0.524. The molecule has 14 heteroatoms. The molecular formula is C42H55N7O6Pd. The summed E-state index contributed by atoms with van der Waals surface area (Å²) in [6, 6.07) is 0. The molecule has 5 aliphatic heterocycles. The molecule has 56 heavy (non-hydrogen) atoms. The van der Waals surface area contributed by atoms with Crippen molar-refractivity contribution in [2.45, 2.75) is 80.3 Å². The minimum Gasteiger partial charge on any atom is -0.875 e. The van der Waals surface area contributed by atoms with Gasteiger partial charge < -0.3 is 35.6 Å². The molecule has 0 aromatic rings. The molecule has 0 saturated carbocycles. The summed E-state index contributed by atoms with van der Waals surface area (Å²) in [7, 11) is 5.14. The minimum atomic E-state index is -0.700. The van der Waals surface area contributed by atoms with E-state index in [1.807, 2.05) is 58.0 Å². The molecule has 5 aliphatic rings. The van der Waals surface area contributed by atoms with Crippen molar-refractivity contribution in [3.63, 3.8) is 0 Å². The Kier molecular flexibility index (Phi) is 15.0. The number of aliphatic hydroxyl groups excluding tert-OH is 1. The average Bonchev–Trinajstić information content (AvgIpc) is 3.81. The molecule has 0 radical (unpaired) electrons. The molecule has 1 fully saturated rings. The van der Waals surface area contributed by atoms with Crippen molar-refractivity contribution in [3.8, 4) is 0 Å². The topological polar surface area (TPSA) is 186 Å². The van der Waals surface area contributed by atoms with Gasteiger partial charge in [0.1, 0.15) is 0 Å². The van der Waals surface area contributed by atoms with Crippen LogP contribution in [-0.4, -0.2) is 91.9 Å². The molecule has 5 atom stereocenters. The summed E-state index contributed by atoms with van der Waals surface area (Å²) in [5.41, 5.74) is 7.71. The maximum absolute atomic E-state index is 14.2. The van der Waals surface area contributed by atoms with Gasteiger partial charge in [0.25, 0.3) is 0 Å². The minimum absolute atomic E-state index is 0. The van der Waals surface area contributed by atoms with Crippen LogP contribution in [-0.2, 0) is 34.7 Å². The summed E-state index contributed by atoms with van der Waals surface area (Å²) < 4.78 is 5.21. The molecule has 0 aromatic carbocycles. The molecular weight excluding hydrogens is 805 g/mol. The van der Waals surface area contributed by atoms with E-state index in [1.54, 1.807) is 13.8 Å². The van der Waals surface area contributed by atoms with Crippen molar-refractivity contribution in [1.29, 1.82) is 0 Å². The van der Waals surface area contributed by atoms with E-state index in [2.05, 4.69) is 29.5 Å². The number of methoxy groups -OCH3 is 1. The fourth-order valence-electron chi connectivity index (χ4n) is 7.83. The van der Waals surface area contributed by atoms with Gasteiger partial charge in [-0.1, -0.05) is 27.7 Å². The van der Waals surface area contributed by atoms with Crippen molar-refractivity contribution < 1.29 is 50.1 Å². The van der Waals surface area contributed by atoms with E-state index < -0.39 is 18.0 Å². The van der Waals surface area contributed by atoms with E-state index in [4.69, 9.17) is 19.7 Å². The van der Waals surface area contributed by atoms with Gasteiger partial charge in [0.2, 0.25) is 5.91 Å². The van der Waals surface area contributed by atoms with E-state index in [9.17, 15) is 24.9 Å². The molecule has 0 aliphatic carbocycles. The number of likely N-dealkylation sites (N-methyl/N-ethyl adjacent to an activating group) is 1. The van der Waals surface area contributed by atoms with Crippen LogP contribution in [0.1, 0.15) is 74.1 Å². The van der Waals surface area contributed by atoms with Crippen molar-refractivity contribution in [2.75, 3.05) is 40.8 Å². The summed E-state index contributed by atoms with van der Waals surface area (Å²) in [5, 5.41) is 43.4. The Morgan fingerprint density at radius 1 is 1.04 bits per heavy atom. The predicted molar refractivity (Wildman–Crippen MR) is 212 cm³/mol. The molecule has 1 unspecified atom stereocenters. The largest absolute Gasteiger partial charge is 2.00 e. The van der Waals surface area contributed by atoms with Crippen LogP contribution < -0.4 is 20.8 Å². The zero-order valence-corrected chi connectivity index (χ0v) is 35.7. The maximum atomic E-state index is 14.2. The number of amides is 1.